The lowest BCUT2D eigenvalue weighted by Gasteiger charge is -2.41. The molecule has 1 N–H and O–H groups in total. The maximum absolute atomic E-state index is 5.82. The summed E-state index contributed by atoms with van der Waals surface area (Å²) in [5, 5.41) is 5.51. The lowest BCUT2D eigenvalue weighted by atomic mass is 9.85. The lowest BCUT2D eigenvalue weighted by molar-refractivity contribution is -0.110. The van der Waals surface area contributed by atoms with Crippen LogP contribution in [0.4, 0.5) is 0 Å². The summed E-state index contributed by atoms with van der Waals surface area (Å²) < 4.78 is 11.3. The Kier molecular flexibility index (Phi) is 3.97. The number of likely N-dealkylation sites (N-methyl/N-ethyl adjacent to an activating group) is 1. The minimum atomic E-state index is -0.113. The number of hydrogen-bond donors (Lipinski definition) is 1. The van der Waals surface area contributed by atoms with E-state index in [1.807, 2.05) is 14.2 Å². The molecule has 0 aromatic carbocycles. The second kappa shape index (κ2) is 5.27. The summed E-state index contributed by atoms with van der Waals surface area (Å²) >= 11 is 1.78. The van der Waals surface area contributed by atoms with Crippen LogP contribution >= 0.6 is 11.3 Å². The van der Waals surface area contributed by atoms with Gasteiger partial charge in [-0.1, -0.05) is 6.07 Å². The highest BCUT2D eigenvalue weighted by Gasteiger charge is 2.41. The summed E-state index contributed by atoms with van der Waals surface area (Å²) in [5.41, 5.74) is -0.113. The molecule has 1 saturated heterocycles. The molecular weight excluding hydrogens is 222 g/mol. The molecule has 2 heterocycles. The number of nitrogens with one attached hydrogen (secondary N) is 1. The minimum Gasteiger partial charge on any atom is -0.381 e. The smallest absolute Gasteiger partial charge is 0.0924 e. The molecule has 1 unspecified atom stereocenters. The summed E-state index contributed by atoms with van der Waals surface area (Å²) in [5.74, 6) is 0. The Bertz CT molecular complexity index is 307. The molecule has 1 atom stereocenters. The molecule has 1 aliphatic rings. The van der Waals surface area contributed by atoms with E-state index in [-0.39, 0.29) is 11.6 Å². The maximum Gasteiger partial charge on any atom is 0.0924 e. The fourth-order valence-electron chi connectivity index (χ4n) is 2.45. The zero-order chi connectivity index (χ0) is 11.4. The highest BCUT2D eigenvalue weighted by molar-refractivity contribution is 7.10. The van der Waals surface area contributed by atoms with E-state index < -0.39 is 0 Å². The number of ether oxygens (including phenoxy) is 2. The Morgan fingerprint density at radius 1 is 1.50 bits per heavy atom. The Morgan fingerprint density at radius 3 is 2.75 bits per heavy atom. The second-order valence-corrected chi connectivity index (χ2v) is 5.10. The highest BCUT2D eigenvalue weighted by Crippen LogP contribution is 2.38. The summed E-state index contributed by atoms with van der Waals surface area (Å²) in [6.07, 6.45) is 1.90. The van der Waals surface area contributed by atoms with Crippen LogP contribution in [0.2, 0.25) is 0 Å². The van der Waals surface area contributed by atoms with E-state index in [0.717, 1.165) is 26.1 Å². The van der Waals surface area contributed by atoms with Crippen LogP contribution in [0, 0.1) is 0 Å². The van der Waals surface area contributed by atoms with Crippen molar-refractivity contribution in [1.29, 1.82) is 0 Å². The third-order valence-electron chi connectivity index (χ3n) is 3.39. The Hall–Kier alpha value is -0.420. The Labute approximate surface area is 101 Å². The molecule has 90 valence electrons. The predicted octanol–water partition coefficient (Wildman–Crippen LogP) is 2.20. The molecule has 1 aromatic heterocycles. The van der Waals surface area contributed by atoms with Crippen LogP contribution in [-0.2, 0) is 9.47 Å². The summed E-state index contributed by atoms with van der Waals surface area (Å²) in [4.78, 5) is 1.34. The van der Waals surface area contributed by atoms with Crippen molar-refractivity contribution in [3.05, 3.63) is 22.4 Å². The zero-order valence-corrected chi connectivity index (χ0v) is 10.7. The molecule has 1 fully saturated rings. The third kappa shape index (κ3) is 2.15. The molecule has 0 aliphatic carbocycles. The first-order valence-corrected chi connectivity index (χ1v) is 6.54. The molecule has 0 spiro atoms. The molecule has 0 radical (unpaired) electrons. The first-order valence-electron chi connectivity index (χ1n) is 5.66. The van der Waals surface area contributed by atoms with Crippen LogP contribution in [0.15, 0.2) is 17.5 Å². The Morgan fingerprint density at radius 2 is 2.25 bits per heavy atom. The molecular formula is C12H19NO2S. The molecule has 0 saturated carbocycles. The number of hydrogen-bond acceptors (Lipinski definition) is 4. The van der Waals surface area contributed by atoms with Gasteiger partial charge in [0.05, 0.1) is 11.6 Å². The van der Waals surface area contributed by atoms with E-state index >= 15 is 0 Å². The summed E-state index contributed by atoms with van der Waals surface area (Å²) in [7, 11) is 3.81. The standard InChI is InChI=1S/C12H19NO2S/c1-13-11(10-4-3-9-16-10)12(14-2)5-7-15-8-6-12/h3-4,9,11,13H,5-8H2,1-2H3. The SMILES string of the molecule is CNC(c1cccs1)C1(OC)CCOCC1. The van der Waals surface area contributed by atoms with E-state index in [1.165, 1.54) is 4.88 Å². The zero-order valence-electron chi connectivity index (χ0n) is 9.86. The van der Waals surface area contributed by atoms with E-state index in [9.17, 15) is 0 Å². The topological polar surface area (TPSA) is 30.5 Å². The number of thiophene rings is 1. The summed E-state index contributed by atoms with van der Waals surface area (Å²) in [6.45, 7) is 1.58. The summed E-state index contributed by atoms with van der Waals surface area (Å²) in [6, 6.07) is 4.52. The average molecular weight is 241 g/mol. The largest absolute Gasteiger partial charge is 0.381 e. The van der Waals surface area contributed by atoms with Gasteiger partial charge >= 0.3 is 0 Å². The molecule has 2 rings (SSSR count). The van der Waals surface area contributed by atoms with Crippen molar-refractivity contribution >= 4 is 11.3 Å². The fourth-order valence-corrected chi connectivity index (χ4v) is 3.39. The van der Waals surface area contributed by atoms with Crippen molar-refractivity contribution in [1.82, 2.24) is 5.32 Å². The van der Waals surface area contributed by atoms with Gasteiger partial charge in [0.15, 0.2) is 0 Å². The minimum absolute atomic E-state index is 0.113. The molecule has 1 aromatic rings. The lowest BCUT2D eigenvalue weighted by Crippen LogP contribution is -2.48. The van der Waals surface area contributed by atoms with E-state index in [0.29, 0.717) is 0 Å². The van der Waals surface area contributed by atoms with Crippen LogP contribution in [0.25, 0.3) is 0 Å². The number of rotatable bonds is 4. The van der Waals surface area contributed by atoms with Gasteiger partial charge in [-0.05, 0) is 18.5 Å². The van der Waals surface area contributed by atoms with Crippen molar-refractivity contribution in [2.75, 3.05) is 27.4 Å². The third-order valence-corrected chi connectivity index (χ3v) is 4.33. The monoisotopic (exact) mass is 241 g/mol. The van der Waals surface area contributed by atoms with Gasteiger partial charge in [0.2, 0.25) is 0 Å². The van der Waals surface area contributed by atoms with E-state index in [1.54, 1.807) is 11.3 Å². The van der Waals surface area contributed by atoms with Gasteiger partial charge in [0.25, 0.3) is 0 Å². The first kappa shape index (κ1) is 12.0. The second-order valence-electron chi connectivity index (χ2n) is 4.12. The van der Waals surface area contributed by atoms with Gasteiger partial charge in [0.1, 0.15) is 0 Å². The number of methoxy groups -OCH3 is 1. The van der Waals surface area contributed by atoms with Crippen molar-refractivity contribution in [3.63, 3.8) is 0 Å². The van der Waals surface area contributed by atoms with Gasteiger partial charge in [-0.15, -0.1) is 11.3 Å². The van der Waals surface area contributed by atoms with E-state index in [2.05, 4.69) is 22.8 Å². The van der Waals surface area contributed by atoms with Crippen LogP contribution in [0.5, 0.6) is 0 Å². The fraction of sp³-hybridized carbons (Fsp3) is 0.667. The quantitative estimate of drug-likeness (QED) is 0.876. The van der Waals surface area contributed by atoms with Crippen molar-refractivity contribution in [2.24, 2.45) is 0 Å². The molecule has 0 bridgehead atoms. The van der Waals surface area contributed by atoms with Gasteiger partial charge in [-0.3, -0.25) is 0 Å². The van der Waals surface area contributed by atoms with Crippen LogP contribution in [-0.4, -0.2) is 33.0 Å². The molecule has 3 nitrogen and oxygen atoms in total. The van der Waals surface area contributed by atoms with Gasteiger partial charge in [-0.25, -0.2) is 0 Å². The Balaban J connectivity index is 2.23. The maximum atomic E-state index is 5.82. The first-order chi connectivity index (χ1) is 7.82. The van der Waals surface area contributed by atoms with Crippen LogP contribution in [0.3, 0.4) is 0 Å². The van der Waals surface area contributed by atoms with Crippen LogP contribution in [0.1, 0.15) is 23.8 Å². The molecule has 1 aliphatic heterocycles. The normalized spacial score (nSPS) is 21.9. The molecule has 4 heteroatoms. The van der Waals surface area contributed by atoms with Gasteiger partial charge in [0, 0.05) is 38.0 Å². The highest BCUT2D eigenvalue weighted by atomic mass is 32.1. The molecule has 16 heavy (non-hydrogen) atoms. The average Bonchev–Trinajstić information content (AvgIpc) is 2.85. The van der Waals surface area contributed by atoms with Gasteiger partial charge < -0.3 is 14.8 Å². The van der Waals surface area contributed by atoms with Gasteiger partial charge in [-0.2, -0.15) is 0 Å². The van der Waals surface area contributed by atoms with E-state index in [4.69, 9.17) is 9.47 Å². The van der Waals surface area contributed by atoms with Crippen molar-refractivity contribution < 1.29 is 9.47 Å². The predicted molar refractivity (Wildman–Crippen MR) is 65.9 cm³/mol. The van der Waals surface area contributed by atoms with Crippen molar-refractivity contribution in [2.45, 2.75) is 24.5 Å². The van der Waals surface area contributed by atoms with Crippen LogP contribution < -0.4 is 5.32 Å². The van der Waals surface area contributed by atoms with Crippen molar-refractivity contribution in [3.8, 4) is 0 Å². The molecule has 0 amide bonds.